The molecule has 7 heteroatoms. The van der Waals surface area contributed by atoms with Gasteiger partial charge in [-0.05, 0) is 19.1 Å². The number of hydrazone groups is 1. The first-order valence-electron chi connectivity index (χ1n) is 6.37. The Labute approximate surface area is 134 Å². The van der Waals surface area contributed by atoms with Crippen molar-refractivity contribution in [1.29, 1.82) is 0 Å². The second-order valence-electron chi connectivity index (χ2n) is 4.36. The molecular weight excluding hydrogens is 306 g/mol. The van der Waals surface area contributed by atoms with Gasteiger partial charge in [-0.1, -0.05) is 12.1 Å². The van der Waals surface area contributed by atoms with Crippen molar-refractivity contribution in [2.24, 2.45) is 5.10 Å². The lowest BCUT2D eigenvalue weighted by Crippen LogP contribution is -2.00. The molecule has 0 fully saturated rings. The summed E-state index contributed by atoms with van der Waals surface area (Å²) in [5, 5.41) is 23.3. The van der Waals surface area contributed by atoms with E-state index in [-0.39, 0.29) is 24.8 Å². The first kappa shape index (κ1) is 17.7. The Kier molecular flexibility index (Phi) is 6.62. The van der Waals surface area contributed by atoms with Crippen LogP contribution in [0, 0.1) is 6.92 Å². The van der Waals surface area contributed by atoms with E-state index in [1.54, 1.807) is 14.0 Å². The Morgan fingerprint density at radius 3 is 2.77 bits per heavy atom. The molecule has 0 unspecified atom stereocenters. The lowest BCUT2D eigenvalue weighted by atomic mass is 10.1. The molecule has 22 heavy (non-hydrogen) atoms. The number of nitrogens with one attached hydrogen (secondary N) is 1. The fourth-order valence-corrected chi connectivity index (χ4v) is 1.83. The minimum atomic E-state index is -0.225. The molecule has 1 heterocycles. The van der Waals surface area contributed by atoms with Crippen LogP contribution in [0.3, 0.4) is 0 Å². The van der Waals surface area contributed by atoms with Gasteiger partial charge in [-0.2, -0.15) is 5.10 Å². The summed E-state index contributed by atoms with van der Waals surface area (Å²) >= 11 is 0. The molecule has 0 atom stereocenters. The van der Waals surface area contributed by atoms with Crippen LogP contribution < -0.4 is 10.2 Å². The topological polar surface area (TPSA) is 87.0 Å². The second-order valence-corrected chi connectivity index (χ2v) is 4.36. The smallest absolute Gasteiger partial charge is 0.145 e. The number of hydrogen-bond acceptors (Lipinski definition) is 6. The van der Waals surface area contributed by atoms with E-state index in [0.717, 1.165) is 0 Å². The molecule has 0 aliphatic rings. The molecule has 2 aromatic rings. The predicted molar refractivity (Wildman–Crippen MR) is 88.0 cm³/mol. The van der Waals surface area contributed by atoms with Crippen LogP contribution in [-0.4, -0.2) is 28.5 Å². The van der Waals surface area contributed by atoms with Crippen LogP contribution >= 0.6 is 12.4 Å². The van der Waals surface area contributed by atoms with Gasteiger partial charge in [-0.15, -0.1) is 12.4 Å². The van der Waals surface area contributed by atoms with Gasteiger partial charge >= 0.3 is 0 Å². The fourth-order valence-electron chi connectivity index (χ4n) is 1.83. The monoisotopic (exact) mass is 323 g/mol. The first-order valence-corrected chi connectivity index (χ1v) is 6.37. The number of methoxy groups -OCH3 is 1. The Bertz CT molecular complexity index is 662. The highest BCUT2D eigenvalue weighted by Crippen LogP contribution is 2.24. The maximum absolute atomic E-state index is 9.99. The molecule has 0 radical (unpaired) electrons. The normalized spacial score (nSPS) is 10.3. The van der Waals surface area contributed by atoms with E-state index in [1.165, 1.54) is 12.4 Å². The van der Waals surface area contributed by atoms with Gasteiger partial charge in [0.15, 0.2) is 0 Å². The summed E-state index contributed by atoms with van der Waals surface area (Å²) < 4.78 is 5.20. The minimum Gasteiger partial charge on any atom is -0.505 e. The van der Waals surface area contributed by atoms with Crippen molar-refractivity contribution in [1.82, 2.24) is 4.98 Å². The molecule has 0 saturated heterocycles. The minimum absolute atomic E-state index is 0. The SMILES string of the molecule is COc1ccccc1NN=Cc1c(CO)cnc(C)c1O.Cl. The number of ether oxygens (including phenoxy) is 1. The summed E-state index contributed by atoms with van der Waals surface area (Å²) in [5.74, 6) is 0.666. The third-order valence-electron chi connectivity index (χ3n) is 3.01. The molecule has 0 spiro atoms. The van der Waals surface area contributed by atoms with Crippen molar-refractivity contribution in [3.8, 4) is 11.5 Å². The summed E-state index contributed by atoms with van der Waals surface area (Å²) in [6.07, 6.45) is 2.96. The number of aromatic nitrogens is 1. The van der Waals surface area contributed by atoms with Gasteiger partial charge in [0.25, 0.3) is 0 Å². The third kappa shape index (κ3) is 3.87. The van der Waals surface area contributed by atoms with E-state index in [9.17, 15) is 10.2 Å². The quantitative estimate of drug-likeness (QED) is 0.581. The van der Waals surface area contributed by atoms with Gasteiger partial charge in [0, 0.05) is 17.3 Å². The van der Waals surface area contributed by atoms with E-state index >= 15 is 0 Å². The second kappa shape index (κ2) is 8.21. The number of aryl methyl sites for hydroxylation is 1. The van der Waals surface area contributed by atoms with Crippen molar-refractivity contribution in [2.45, 2.75) is 13.5 Å². The van der Waals surface area contributed by atoms with Crippen LogP contribution in [0.1, 0.15) is 16.8 Å². The van der Waals surface area contributed by atoms with Crippen LogP contribution in [0.15, 0.2) is 35.6 Å². The van der Waals surface area contributed by atoms with Crippen molar-refractivity contribution >= 4 is 24.3 Å². The number of rotatable bonds is 5. The highest BCUT2D eigenvalue weighted by atomic mass is 35.5. The van der Waals surface area contributed by atoms with E-state index in [0.29, 0.717) is 28.3 Å². The molecule has 0 saturated carbocycles. The molecule has 0 amide bonds. The average molecular weight is 324 g/mol. The lowest BCUT2D eigenvalue weighted by Gasteiger charge is -2.08. The number of hydrogen-bond donors (Lipinski definition) is 3. The van der Waals surface area contributed by atoms with Crippen molar-refractivity contribution in [2.75, 3.05) is 12.5 Å². The molecule has 2 rings (SSSR count). The summed E-state index contributed by atoms with van der Waals surface area (Å²) in [5.41, 5.74) is 4.96. The van der Waals surface area contributed by atoms with Gasteiger partial charge in [-0.3, -0.25) is 10.4 Å². The van der Waals surface area contributed by atoms with E-state index in [4.69, 9.17) is 4.74 Å². The molecule has 118 valence electrons. The summed E-state index contributed by atoms with van der Waals surface area (Å²) in [4.78, 5) is 3.99. The molecule has 6 nitrogen and oxygen atoms in total. The number of halogens is 1. The zero-order chi connectivity index (χ0) is 15.2. The number of aliphatic hydroxyl groups is 1. The Morgan fingerprint density at radius 1 is 1.36 bits per heavy atom. The van der Waals surface area contributed by atoms with Crippen molar-refractivity contribution in [3.05, 3.63) is 47.3 Å². The number of pyridine rings is 1. The standard InChI is InChI=1S/C15H17N3O3.ClH/c1-10-15(20)12(11(9-19)7-16-10)8-17-18-13-5-3-4-6-14(13)21-2;/h3-8,18-20H,9H2,1-2H3;1H. The van der Waals surface area contributed by atoms with Gasteiger partial charge in [0.2, 0.25) is 0 Å². The lowest BCUT2D eigenvalue weighted by molar-refractivity contribution is 0.280. The fraction of sp³-hybridized carbons (Fsp3) is 0.200. The number of aromatic hydroxyl groups is 1. The summed E-state index contributed by atoms with van der Waals surface area (Å²) in [6.45, 7) is 1.46. The number of benzene rings is 1. The first-order chi connectivity index (χ1) is 10.2. The molecule has 3 N–H and O–H groups in total. The zero-order valence-corrected chi connectivity index (χ0v) is 13.1. The highest BCUT2D eigenvalue weighted by molar-refractivity contribution is 5.86. The van der Waals surface area contributed by atoms with Crippen molar-refractivity contribution in [3.63, 3.8) is 0 Å². The Morgan fingerprint density at radius 2 is 2.09 bits per heavy atom. The van der Waals surface area contributed by atoms with Gasteiger partial charge in [-0.25, -0.2) is 0 Å². The zero-order valence-electron chi connectivity index (χ0n) is 12.3. The molecule has 0 aliphatic heterocycles. The van der Waals surface area contributed by atoms with E-state index in [1.807, 2.05) is 24.3 Å². The molecule has 1 aromatic carbocycles. The third-order valence-corrected chi connectivity index (χ3v) is 3.01. The average Bonchev–Trinajstić information content (AvgIpc) is 2.52. The maximum Gasteiger partial charge on any atom is 0.145 e. The number of anilines is 1. The largest absolute Gasteiger partial charge is 0.505 e. The number of para-hydroxylation sites is 2. The van der Waals surface area contributed by atoms with E-state index in [2.05, 4.69) is 15.5 Å². The van der Waals surface area contributed by atoms with Gasteiger partial charge < -0.3 is 14.9 Å². The summed E-state index contributed by atoms with van der Waals surface area (Å²) in [6, 6.07) is 7.34. The number of nitrogens with zero attached hydrogens (tertiary/aromatic N) is 2. The van der Waals surface area contributed by atoms with Crippen molar-refractivity contribution < 1.29 is 14.9 Å². The molecule has 0 aliphatic carbocycles. The molecular formula is C15H18ClN3O3. The molecule has 1 aromatic heterocycles. The maximum atomic E-state index is 9.99. The van der Waals surface area contributed by atoms with Crippen LogP contribution in [0.4, 0.5) is 5.69 Å². The molecule has 0 bridgehead atoms. The van der Waals surface area contributed by atoms with Crippen LogP contribution in [0.2, 0.25) is 0 Å². The van der Waals surface area contributed by atoms with E-state index < -0.39 is 0 Å². The predicted octanol–water partition coefficient (Wildman–Crippen LogP) is 2.46. The Balaban J connectivity index is 0.00000242. The van der Waals surface area contributed by atoms with Gasteiger partial charge in [0.1, 0.15) is 11.5 Å². The number of aliphatic hydroxyl groups excluding tert-OH is 1. The summed E-state index contributed by atoms with van der Waals surface area (Å²) in [7, 11) is 1.58. The highest BCUT2D eigenvalue weighted by Gasteiger charge is 2.09. The van der Waals surface area contributed by atoms with Gasteiger partial charge in [0.05, 0.1) is 31.3 Å². The van der Waals surface area contributed by atoms with Crippen LogP contribution in [0.5, 0.6) is 11.5 Å². The Hall–Kier alpha value is -2.31. The van der Waals surface area contributed by atoms with Crippen LogP contribution in [-0.2, 0) is 6.61 Å². The van der Waals surface area contributed by atoms with Crippen LogP contribution in [0.25, 0.3) is 0 Å².